The van der Waals surface area contributed by atoms with Gasteiger partial charge in [-0.2, -0.15) is 0 Å². The average molecular weight is 312 g/mol. The summed E-state index contributed by atoms with van der Waals surface area (Å²) >= 11 is 4.76. The van der Waals surface area contributed by atoms with Crippen LogP contribution < -0.4 is 5.32 Å². The first-order valence-electron chi connectivity index (χ1n) is 4.91. The third-order valence-electron chi connectivity index (χ3n) is 2.30. The zero-order chi connectivity index (χ0) is 12.4. The van der Waals surface area contributed by atoms with Gasteiger partial charge in [-0.15, -0.1) is 11.3 Å². The number of hydrogen-bond donors (Lipinski definition) is 2. The van der Waals surface area contributed by atoms with Crippen molar-refractivity contribution in [2.24, 2.45) is 0 Å². The Morgan fingerprint density at radius 2 is 2.18 bits per heavy atom. The van der Waals surface area contributed by atoms with Gasteiger partial charge in [-0.1, -0.05) is 6.07 Å². The van der Waals surface area contributed by atoms with Crippen molar-refractivity contribution in [3.8, 4) is 5.75 Å². The summed E-state index contributed by atoms with van der Waals surface area (Å²) in [6, 6.07) is 6.81. The lowest BCUT2D eigenvalue weighted by Gasteiger charge is -2.05. The largest absolute Gasteiger partial charge is 0.508 e. The van der Waals surface area contributed by atoms with E-state index in [4.69, 9.17) is 0 Å². The third kappa shape index (κ3) is 2.87. The van der Waals surface area contributed by atoms with Gasteiger partial charge in [-0.3, -0.25) is 4.79 Å². The molecule has 5 heteroatoms. The highest BCUT2D eigenvalue weighted by molar-refractivity contribution is 9.11. The monoisotopic (exact) mass is 311 g/mol. The molecule has 2 aromatic rings. The van der Waals surface area contributed by atoms with Crippen LogP contribution in [0.25, 0.3) is 0 Å². The molecule has 0 aliphatic heterocycles. The molecule has 1 heterocycles. The van der Waals surface area contributed by atoms with Crippen molar-refractivity contribution < 1.29 is 9.90 Å². The number of amides is 1. The first-order valence-corrected chi connectivity index (χ1v) is 6.58. The Morgan fingerprint density at radius 1 is 1.41 bits per heavy atom. The van der Waals surface area contributed by atoms with Gasteiger partial charge >= 0.3 is 0 Å². The van der Waals surface area contributed by atoms with Crippen molar-refractivity contribution in [3.63, 3.8) is 0 Å². The van der Waals surface area contributed by atoms with Gasteiger partial charge in [0.1, 0.15) is 5.75 Å². The lowest BCUT2D eigenvalue weighted by atomic mass is 10.2. The zero-order valence-corrected chi connectivity index (χ0v) is 11.4. The van der Waals surface area contributed by atoms with E-state index in [9.17, 15) is 9.90 Å². The van der Waals surface area contributed by atoms with E-state index in [1.165, 1.54) is 17.4 Å². The van der Waals surface area contributed by atoms with Crippen molar-refractivity contribution in [1.29, 1.82) is 0 Å². The number of phenolic OH excluding ortho intramolecular Hbond substituents is 1. The van der Waals surface area contributed by atoms with Crippen molar-refractivity contribution in [1.82, 2.24) is 0 Å². The standard InChI is InChI=1S/C12H10BrNO2S/c1-7-2-3-9(5-10(7)15)14-12(16)8-4-11(13)17-6-8/h2-6,15H,1H3,(H,14,16). The predicted molar refractivity (Wildman–Crippen MR) is 72.8 cm³/mol. The van der Waals surface area contributed by atoms with Crippen molar-refractivity contribution >= 4 is 38.9 Å². The molecule has 0 radical (unpaired) electrons. The molecular formula is C12H10BrNO2S. The molecule has 0 aliphatic rings. The summed E-state index contributed by atoms with van der Waals surface area (Å²) in [6.45, 7) is 1.80. The highest BCUT2D eigenvalue weighted by Crippen LogP contribution is 2.23. The van der Waals surface area contributed by atoms with Gasteiger partial charge in [0.05, 0.1) is 9.35 Å². The van der Waals surface area contributed by atoms with E-state index >= 15 is 0 Å². The molecule has 2 N–H and O–H groups in total. The van der Waals surface area contributed by atoms with E-state index in [2.05, 4.69) is 21.2 Å². The molecule has 0 fully saturated rings. The van der Waals surface area contributed by atoms with Crippen LogP contribution in [0.15, 0.2) is 33.4 Å². The average Bonchev–Trinajstić information content (AvgIpc) is 2.70. The number of rotatable bonds is 2. The second-order valence-electron chi connectivity index (χ2n) is 3.59. The fourth-order valence-electron chi connectivity index (χ4n) is 1.32. The Bertz CT molecular complexity index is 565. The van der Waals surface area contributed by atoms with Gasteiger partial charge in [-0.25, -0.2) is 0 Å². The summed E-state index contributed by atoms with van der Waals surface area (Å²) < 4.78 is 0.911. The van der Waals surface area contributed by atoms with E-state index < -0.39 is 0 Å². The molecule has 0 saturated carbocycles. The second kappa shape index (κ2) is 4.89. The van der Waals surface area contributed by atoms with E-state index in [1.807, 2.05) is 0 Å². The number of phenols is 1. The van der Waals surface area contributed by atoms with E-state index in [-0.39, 0.29) is 11.7 Å². The lowest BCUT2D eigenvalue weighted by molar-refractivity contribution is 0.102. The van der Waals surface area contributed by atoms with Crippen LogP contribution >= 0.6 is 27.3 Å². The van der Waals surface area contributed by atoms with Crippen LogP contribution in [0.2, 0.25) is 0 Å². The molecular weight excluding hydrogens is 302 g/mol. The molecule has 0 aliphatic carbocycles. The van der Waals surface area contributed by atoms with Crippen molar-refractivity contribution in [2.45, 2.75) is 6.92 Å². The minimum atomic E-state index is -0.185. The SMILES string of the molecule is Cc1ccc(NC(=O)c2csc(Br)c2)cc1O. The summed E-state index contributed by atoms with van der Waals surface area (Å²) in [7, 11) is 0. The van der Waals surface area contributed by atoms with E-state index in [0.29, 0.717) is 11.3 Å². The number of carbonyl (C=O) groups excluding carboxylic acids is 1. The molecule has 3 nitrogen and oxygen atoms in total. The van der Waals surface area contributed by atoms with Gasteiger partial charge in [0.2, 0.25) is 0 Å². The first kappa shape index (κ1) is 12.1. The van der Waals surface area contributed by atoms with Crippen LogP contribution in [0, 0.1) is 6.92 Å². The van der Waals surface area contributed by atoms with Gasteiger partial charge < -0.3 is 10.4 Å². The molecule has 1 aromatic carbocycles. The molecule has 0 unspecified atom stereocenters. The maximum atomic E-state index is 11.8. The third-order valence-corrected chi connectivity index (χ3v) is 3.80. The van der Waals surface area contributed by atoms with Crippen LogP contribution in [0.3, 0.4) is 0 Å². The minimum Gasteiger partial charge on any atom is -0.508 e. The van der Waals surface area contributed by atoms with Gasteiger partial charge in [0.15, 0.2) is 0 Å². The Labute approximate surface area is 111 Å². The zero-order valence-electron chi connectivity index (χ0n) is 9.03. The quantitative estimate of drug-likeness (QED) is 0.886. The van der Waals surface area contributed by atoms with Crippen LogP contribution in [-0.4, -0.2) is 11.0 Å². The number of aromatic hydroxyl groups is 1. The van der Waals surface area contributed by atoms with Crippen molar-refractivity contribution in [3.05, 3.63) is 44.6 Å². The maximum absolute atomic E-state index is 11.8. The fourth-order valence-corrected chi connectivity index (χ4v) is 2.46. The van der Waals surface area contributed by atoms with Gasteiger partial charge in [0.25, 0.3) is 5.91 Å². The van der Waals surface area contributed by atoms with Crippen molar-refractivity contribution in [2.75, 3.05) is 5.32 Å². The van der Waals surface area contributed by atoms with Crippen LogP contribution in [0.4, 0.5) is 5.69 Å². The Morgan fingerprint density at radius 3 is 2.76 bits per heavy atom. The molecule has 17 heavy (non-hydrogen) atoms. The van der Waals surface area contributed by atoms with E-state index in [1.54, 1.807) is 30.5 Å². The normalized spacial score (nSPS) is 10.2. The number of carbonyl (C=O) groups is 1. The number of nitrogens with one attached hydrogen (secondary N) is 1. The molecule has 0 spiro atoms. The number of aryl methyl sites for hydroxylation is 1. The Hall–Kier alpha value is -1.33. The molecule has 0 saturated heterocycles. The number of thiophene rings is 1. The predicted octanol–water partition coefficient (Wildman–Crippen LogP) is 3.78. The molecule has 0 atom stereocenters. The number of halogens is 1. The van der Waals surface area contributed by atoms with Crippen LogP contribution in [0.5, 0.6) is 5.75 Å². The summed E-state index contributed by atoms with van der Waals surface area (Å²) in [4.78, 5) is 11.8. The van der Waals surface area contributed by atoms with Gasteiger partial charge in [0, 0.05) is 17.1 Å². The van der Waals surface area contributed by atoms with E-state index in [0.717, 1.165) is 9.35 Å². The summed E-state index contributed by atoms with van der Waals surface area (Å²) in [6.07, 6.45) is 0. The molecule has 1 amide bonds. The summed E-state index contributed by atoms with van der Waals surface area (Å²) in [5.74, 6) is -0.00972. The van der Waals surface area contributed by atoms with Crippen LogP contribution in [0.1, 0.15) is 15.9 Å². The maximum Gasteiger partial charge on any atom is 0.256 e. The van der Waals surface area contributed by atoms with Crippen LogP contribution in [-0.2, 0) is 0 Å². The molecule has 0 bridgehead atoms. The number of anilines is 1. The lowest BCUT2D eigenvalue weighted by Crippen LogP contribution is -2.10. The highest BCUT2D eigenvalue weighted by Gasteiger charge is 2.08. The molecule has 1 aromatic heterocycles. The first-order chi connectivity index (χ1) is 8.06. The topological polar surface area (TPSA) is 49.3 Å². The highest BCUT2D eigenvalue weighted by atomic mass is 79.9. The minimum absolute atomic E-state index is 0.175. The smallest absolute Gasteiger partial charge is 0.256 e. The number of benzene rings is 1. The molecule has 2 rings (SSSR count). The van der Waals surface area contributed by atoms with Gasteiger partial charge in [-0.05, 0) is 40.5 Å². The number of hydrogen-bond acceptors (Lipinski definition) is 3. The molecule has 88 valence electrons. The second-order valence-corrected chi connectivity index (χ2v) is 5.89. The summed E-state index contributed by atoms with van der Waals surface area (Å²) in [5, 5.41) is 14.0. The Balaban J connectivity index is 2.15. The summed E-state index contributed by atoms with van der Waals surface area (Å²) in [5.41, 5.74) is 1.96. The Kier molecular flexibility index (Phi) is 3.49. The fraction of sp³-hybridized carbons (Fsp3) is 0.0833.